The summed E-state index contributed by atoms with van der Waals surface area (Å²) in [5, 5.41) is 31.6. The summed E-state index contributed by atoms with van der Waals surface area (Å²) < 4.78 is 41.8. The van der Waals surface area contributed by atoms with Crippen LogP contribution in [0.1, 0.15) is 5.56 Å². The van der Waals surface area contributed by atoms with E-state index in [-0.39, 0.29) is 33.3 Å². The summed E-state index contributed by atoms with van der Waals surface area (Å²) in [5.74, 6) is -0.0385. The third kappa shape index (κ3) is 4.70. The molecular weight excluding hydrogens is 436 g/mol. The van der Waals surface area contributed by atoms with E-state index in [1.54, 1.807) is 24.3 Å². The van der Waals surface area contributed by atoms with Crippen molar-refractivity contribution in [3.05, 3.63) is 48.0 Å². The first-order valence-electron chi connectivity index (χ1n) is 8.23. The molecule has 0 saturated carbocycles. The van der Waals surface area contributed by atoms with E-state index in [1.807, 2.05) is 0 Å². The molecule has 3 rings (SSSR count). The lowest BCUT2D eigenvalue weighted by atomic mass is 10.1. The van der Waals surface area contributed by atoms with Crippen LogP contribution in [0.5, 0.6) is 11.5 Å². The van der Waals surface area contributed by atoms with Crippen LogP contribution in [0.15, 0.2) is 62.5 Å². The fourth-order valence-corrected chi connectivity index (χ4v) is 3.90. The van der Waals surface area contributed by atoms with Crippen molar-refractivity contribution < 1.29 is 37.4 Å². The van der Waals surface area contributed by atoms with Gasteiger partial charge in [0.05, 0.1) is 19.2 Å². The van der Waals surface area contributed by atoms with Gasteiger partial charge in [-0.3, -0.25) is 4.55 Å². The molecule has 0 amide bonds. The Morgan fingerprint density at radius 3 is 2.50 bits per heavy atom. The Balaban J connectivity index is 2.05. The molecule has 0 saturated heterocycles. The molecule has 3 N–H and O–H groups in total. The Morgan fingerprint density at radius 1 is 1.07 bits per heavy atom. The van der Waals surface area contributed by atoms with E-state index >= 15 is 0 Å². The maximum absolute atomic E-state index is 11.5. The Hall–Kier alpha value is -2.74. The van der Waals surface area contributed by atoms with Crippen molar-refractivity contribution in [1.82, 2.24) is 0 Å². The van der Waals surface area contributed by atoms with Gasteiger partial charge in [0.1, 0.15) is 27.8 Å². The topological polar surface area (TPSA) is 147 Å². The number of fused-ring (bicyclic) bond motifs is 1. The summed E-state index contributed by atoms with van der Waals surface area (Å²) in [6.07, 6.45) is 0. The molecule has 0 aliphatic rings. The normalized spacial score (nSPS) is 12.0. The molecule has 0 aliphatic carbocycles. The molecule has 0 unspecified atom stereocenters. The molecule has 0 radical (unpaired) electrons. The second-order valence-electron chi connectivity index (χ2n) is 6.01. The van der Waals surface area contributed by atoms with E-state index in [0.29, 0.717) is 15.7 Å². The van der Waals surface area contributed by atoms with Crippen molar-refractivity contribution in [2.24, 2.45) is 10.2 Å². The highest BCUT2D eigenvalue weighted by molar-refractivity contribution is 7.94. The number of phenols is 1. The quantitative estimate of drug-likeness (QED) is 0.149. The first-order chi connectivity index (χ1) is 14.2. The van der Waals surface area contributed by atoms with Crippen LogP contribution in [0, 0.1) is 6.92 Å². The number of hydrogen-bond acceptors (Lipinski definition) is 10. The highest BCUT2D eigenvalue weighted by Crippen LogP contribution is 2.39. The molecule has 0 aromatic heterocycles. The predicted molar refractivity (Wildman–Crippen MR) is 108 cm³/mol. The van der Waals surface area contributed by atoms with Crippen LogP contribution in [0.2, 0.25) is 0 Å². The molecule has 30 heavy (non-hydrogen) atoms. The van der Waals surface area contributed by atoms with E-state index < -0.39 is 10.1 Å². The smallest absolute Gasteiger partial charge is 0.294 e. The van der Waals surface area contributed by atoms with E-state index in [9.17, 15) is 18.1 Å². The summed E-state index contributed by atoms with van der Waals surface area (Å²) in [5.41, 5.74) is 0.642. The maximum Gasteiger partial charge on any atom is 0.294 e. The van der Waals surface area contributed by atoms with Gasteiger partial charge in [-0.05, 0) is 42.1 Å². The molecule has 0 atom stereocenters. The average Bonchev–Trinajstić information content (AvgIpc) is 2.70. The van der Waals surface area contributed by atoms with Crippen molar-refractivity contribution in [2.75, 3.05) is 7.11 Å². The second kappa shape index (κ2) is 8.95. The predicted octanol–water partition coefficient (Wildman–Crippen LogP) is 4.95. The van der Waals surface area contributed by atoms with E-state index in [2.05, 4.69) is 19.6 Å². The Labute approximate surface area is 175 Å². The number of benzene rings is 3. The summed E-state index contributed by atoms with van der Waals surface area (Å²) in [7, 11) is -3.10. The molecule has 12 heteroatoms. The molecule has 0 heterocycles. The fraction of sp³-hybridized carbons (Fsp3) is 0.111. The molecule has 3 aromatic rings. The average molecular weight is 452 g/mol. The van der Waals surface area contributed by atoms with Gasteiger partial charge in [-0.2, -0.15) is 8.42 Å². The van der Waals surface area contributed by atoms with Crippen LogP contribution in [-0.2, 0) is 19.5 Å². The number of aromatic hydroxyl groups is 1. The van der Waals surface area contributed by atoms with Crippen LogP contribution in [0.25, 0.3) is 10.8 Å². The van der Waals surface area contributed by atoms with Gasteiger partial charge in [-0.1, -0.05) is 17.2 Å². The van der Waals surface area contributed by atoms with Gasteiger partial charge in [0, 0.05) is 16.3 Å². The number of rotatable bonds is 7. The first-order valence-corrected chi connectivity index (χ1v) is 10.4. The lowest BCUT2D eigenvalue weighted by molar-refractivity contribution is -0.432. The zero-order chi connectivity index (χ0) is 21.9. The van der Waals surface area contributed by atoms with E-state index in [1.165, 1.54) is 26.2 Å². The summed E-state index contributed by atoms with van der Waals surface area (Å²) in [6, 6.07) is 10.7. The lowest BCUT2D eigenvalue weighted by Crippen LogP contribution is -2.01. The monoisotopic (exact) mass is 452 g/mol. The number of aryl methyl sites for hydroxylation is 1. The zero-order valence-electron chi connectivity index (χ0n) is 15.6. The Bertz CT molecular complexity index is 1230. The largest absolute Gasteiger partial charge is 0.506 e. The summed E-state index contributed by atoms with van der Waals surface area (Å²) in [4.78, 5) is 0.327. The SMILES string of the molecule is COc1cc(S(=O)(=O)O)c(C)cc1N=Nc1c(O)ccc2cc(SOOO)ccc12. The van der Waals surface area contributed by atoms with E-state index in [4.69, 9.17) is 9.99 Å². The Morgan fingerprint density at radius 2 is 1.83 bits per heavy atom. The maximum atomic E-state index is 11.5. The van der Waals surface area contributed by atoms with Crippen LogP contribution < -0.4 is 4.74 Å². The fourth-order valence-electron chi connectivity index (χ4n) is 2.77. The van der Waals surface area contributed by atoms with Gasteiger partial charge >= 0.3 is 0 Å². The minimum Gasteiger partial charge on any atom is -0.506 e. The van der Waals surface area contributed by atoms with Crippen molar-refractivity contribution in [3.63, 3.8) is 0 Å². The first kappa shape index (κ1) is 22.0. The molecular formula is C18H16N2O8S2. The van der Waals surface area contributed by atoms with E-state index in [0.717, 1.165) is 18.1 Å². The molecule has 10 nitrogen and oxygen atoms in total. The van der Waals surface area contributed by atoms with Gasteiger partial charge in [-0.25, -0.2) is 5.26 Å². The molecule has 0 aliphatic heterocycles. The molecule has 3 aromatic carbocycles. The van der Waals surface area contributed by atoms with Crippen molar-refractivity contribution in [1.29, 1.82) is 0 Å². The van der Waals surface area contributed by atoms with Crippen LogP contribution in [-0.4, -0.2) is 30.4 Å². The minimum absolute atomic E-state index is 0.0801. The zero-order valence-corrected chi connectivity index (χ0v) is 17.3. The van der Waals surface area contributed by atoms with Crippen LogP contribution in [0.3, 0.4) is 0 Å². The minimum atomic E-state index is -4.43. The third-order valence-electron chi connectivity index (χ3n) is 4.11. The highest BCUT2D eigenvalue weighted by atomic mass is 32.2. The number of ether oxygens (including phenoxy) is 1. The van der Waals surface area contributed by atoms with Gasteiger partial charge in [0.25, 0.3) is 10.1 Å². The van der Waals surface area contributed by atoms with Crippen molar-refractivity contribution >= 4 is 44.3 Å². The standard InChI is InChI=1S/C18H16N2O8S2/c1-10-7-14(16(26-2)9-17(10)30(23,24)25)19-20-18-13-5-4-12(29-28-27-22)8-11(13)3-6-15(18)21/h3-9,21-22H,1-2H3,(H,23,24,25). The van der Waals surface area contributed by atoms with Crippen molar-refractivity contribution in [2.45, 2.75) is 16.7 Å². The third-order valence-corrected chi connectivity index (χ3v) is 5.69. The second-order valence-corrected chi connectivity index (χ2v) is 8.17. The number of phenolic OH excluding ortho intramolecular Hbond substituents is 1. The van der Waals surface area contributed by atoms with Gasteiger partial charge in [0.2, 0.25) is 0 Å². The number of azo groups is 1. The summed E-state index contributed by atoms with van der Waals surface area (Å²) in [6.45, 7) is 1.49. The van der Waals surface area contributed by atoms with Crippen LogP contribution >= 0.6 is 12.0 Å². The van der Waals surface area contributed by atoms with Crippen molar-refractivity contribution in [3.8, 4) is 11.5 Å². The van der Waals surface area contributed by atoms with Gasteiger partial charge in [-0.15, -0.1) is 14.6 Å². The summed E-state index contributed by atoms with van der Waals surface area (Å²) >= 11 is 0.791. The molecule has 158 valence electrons. The number of methoxy groups -OCH3 is 1. The van der Waals surface area contributed by atoms with Gasteiger partial charge in [0.15, 0.2) is 0 Å². The molecule has 0 fully saturated rings. The van der Waals surface area contributed by atoms with Crippen LogP contribution in [0.4, 0.5) is 11.4 Å². The molecule has 0 bridgehead atoms. The Kier molecular flexibility index (Phi) is 6.55. The lowest BCUT2D eigenvalue weighted by Gasteiger charge is -2.09. The molecule has 0 spiro atoms. The van der Waals surface area contributed by atoms with Gasteiger partial charge < -0.3 is 9.84 Å². The highest BCUT2D eigenvalue weighted by Gasteiger charge is 2.17. The number of nitrogens with zero attached hydrogens (tertiary/aromatic N) is 2. The number of hydrogen-bond donors (Lipinski definition) is 3.